The minimum absolute atomic E-state index is 0.00494. The minimum Gasteiger partial charge on any atom is -0.338 e. The third-order valence-corrected chi connectivity index (χ3v) is 4.39. The van der Waals surface area contributed by atoms with Crippen LogP contribution < -0.4 is 0 Å². The zero-order valence-electron chi connectivity index (χ0n) is 13.9. The van der Waals surface area contributed by atoms with E-state index in [2.05, 4.69) is 20.1 Å². The molecule has 7 nitrogen and oxygen atoms in total. The average molecular weight is 334 g/mol. The molecule has 0 aliphatic carbocycles. The number of aryl methyl sites for hydroxylation is 1. The zero-order chi connectivity index (χ0) is 17.2. The summed E-state index contributed by atoms with van der Waals surface area (Å²) in [6.45, 7) is 3.31. The second-order valence-electron chi connectivity index (χ2n) is 6.15. The summed E-state index contributed by atoms with van der Waals surface area (Å²) in [6, 6.07) is 7.31. The molecule has 0 bridgehead atoms. The van der Waals surface area contributed by atoms with Gasteiger partial charge in [0.2, 0.25) is 0 Å². The number of rotatable bonds is 3. The first-order valence-corrected chi connectivity index (χ1v) is 8.25. The van der Waals surface area contributed by atoms with Crippen LogP contribution in [0.15, 0.2) is 49.1 Å². The van der Waals surface area contributed by atoms with Crippen LogP contribution in [0.4, 0.5) is 0 Å². The van der Waals surface area contributed by atoms with Crippen molar-refractivity contribution in [1.82, 2.24) is 29.6 Å². The number of likely N-dealkylation sites (tertiary alicyclic amines) is 1. The molecular weight excluding hydrogens is 316 g/mol. The first kappa shape index (κ1) is 15.4. The van der Waals surface area contributed by atoms with Crippen LogP contribution in [0.2, 0.25) is 0 Å². The number of carbonyl (C=O) groups is 1. The van der Waals surface area contributed by atoms with E-state index in [0.29, 0.717) is 24.5 Å². The van der Waals surface area contributed by atoms with E-state index in [9.17, 15) is 4.79 Å². The van der Waals surface area contributed by atoms with Crippen LogP contribution in [0.25, 0.3) is 5.82 Å². The molecule has 1 aliphatic rings. The number of nitrogens with zero attached hydrogens (tertiary/aromatic N) is 6. The number of pyridine rings is 1. The lowest BCUT2D eigenvalue weighted by Gasteiger charge is -2.16. The maximum atomic E-state index is 12.7. The molecule has 0 aromatic carbocycles. The van der Waals surface area contributed by atoms with Gasteiger partial charge in [-0.05, 0) is 37.6 Å². The Balaban J connectivity index is 1.46. The van der Waals surface area contributed by atoms with E-state index in [1.165, 1.54) is 0 Å². The van der Waals surface area contributed by atoms with E-state index in [0.717, 1.165) is 17.9 Å². The summed E-state index contributed by atoms with van der Waals surface area (Å²) in [7, 11) is 0. The summed E-state index contributed by atoms with van der Waals surface area (Å²) in [5.41, 5.74) is 1.54. The van der Waals surface area contributed by atoms with Crippen molar-refractivity contribution in [1.29, 1.82) is 0 Å². The fourth-order valence-electron chi connectivity index (χ4n) is 3.06. The van der Waals surface area contributed by atoms with Crippen LogP contribution in [0, 0.1) is 6.92 Å². The van der Waals surface area contributed by atoms with Crippen molar-refractivity contribution in [3.63, 3.8) is 0 Å². The number of amides is 1. The lowest BCUT2D eigenvalue weighted by Crippen LogP contribution is -2.28. The molecule has 126 valence electrons. The Morgan fingerprint density at radius 2 is 2.12 bits per heavy atom. The first-order chi connectivity index (χ1) is 12.2. The zero-order valence-corrected chi connectivity index (χ0v) is 13.9. The molecule has 25 heavy (non-hydrogen) atoms. The summed E-state index contributed by atoms with van der Waals surface area (Å²) in [6.07, 6.45) is 7.78. The highest BCUT2D eigenvalue weighted by atomic mass is 16.2. The van der Waals surface area contributed by atoms with Crippen molar-refractivity contribution >= 4 is 5.91 Å². The molecule has 3 aromatic rings. The molecule has 0 N–H and O–H groups in total. The Bertz CT molecular complexity index is 875. The van der Waals surface area contributed by atoms with E-state index in [4.69, 9.17) is 0 Å². The maximum absolute atomic E-state index is 12.7. The SMILES string of the molecule is Cc1ccnc([C@@H]2CCN(C(=O)c3ccc(-n4cccn4)nc3)C2)n1. The predicted octanol–water partition coefficient (Wildman–Crippen LogP) is 2.00. The molecule has 0 spiro atoms. The van der Waals surface area contributed by atoms with E-state index >= 15 is 0 Å². The molecule has 4 rings (SSSR count). The largest absolute Gasteiger partial charge is 0.338 e. The van der Waals surface area contributed by atoms with E-state index < -0.39 is 0 Å². The normalized spacial score (nSPS) is 17.0. The van der Waals surface area contributed by atoms with Crippen LogP contribution in [0.3, 0.4) is 0 Å². The smallest absolute Gasteiger partial charge is 0.255 e. The lowest BCUT2D eigenvalue weighted by molar-refractivity contribution is 0.0790. The highest BCUT2D eigenvalue weighted by Gasteiger charge is 2.29. The van der Waals surface area contributed by atoms with Gasteiger partial charge in [0.25, 0.3) is 5.91 Å². The van der Waals surface area contributed by atoms with Crippen molar-refractivity contribution in [2.45, 2.75) is 19.3 Å². The average Bonchev–Trinajstić information content (AvgIpc) is 3.33. The second-order valence-corrected chi connectivity index (χ2v) is 6.15. The van der Waals surface area contributed by atoms with Crippen LogP contribution in [0.1, 0.15) is 34.2 Å². The molecule has 1 aliphatic heterocycles. The third-order valence-electron chi connectivity index (χ3n) is 4.39. The summed E-state index contributed by atoms with van der Waals surface area (Å²) in [4.78, 5) is 27.7. The first-order valence-electron chi connectivity index (χ1n) is 8.25. The molecule has 0 unspecified atom stereocenters. The minimum atomic E-state index is -0.00494. The van der Waals surface area contributed by atoms with Crippen molar-refractivity contribution in [3.05, 3.63) is 66.1 Å². The molecular formula is C18H18N6O. The predicted molar refractivity (Wildman–Crippen MR) is 91.4 cm³/mol. The Kier molecular flexibility index (Phi) is 3.97. The molecule has 1 fully saturated rings. The van der Waals surface area contributed by atoms with Crippen molar-refractivity contribution in [3.8, 4) is 5.82 Å². The molecule has 1 atom stereocenters. The van der Waals surface area contributed by atoms with Crippen LogP contribution in [-0.2, 0) is 0 Å². The molecule has 3 aromatic heterocycles. The Morgan fingerprint density at radius 1 is 1.20 bits per heavy atom. The second kappa shape index (κ2) is 6.43. The monoisotopic (exact) mass is 334 g/mol. The van der Waals surface area contributed by atoms with Crippen molar-refractivity contribution < 1.29 is 4.79 Å². The van der Waals surface area contributed by atoms with Gasteiger partial charge in [0, 0.05) is 49.5 Å². The molecule has 1 amide bonds. The van der Waals surface area contributed by atoms with Gasteiger partial charge in [-0.15, -0.1) is 0 Å². The summed E-state index contributed by atoms with van der Waals surface area (Å²) < 4.78 is 1.66. The molecule has 7 heteroatoms. The van der Waals surface area contributed by atoms with E-state index in [-0.39, 0.29) is 11.8 Å². The highest BCUT2D eigenvalue weighted by Crippen LogP contribution is 2.25. The van der Waals surface area contributed by atoms with Gasteiger partial charge in [0.15, 0.2) is 5.82 Å². The third kappa shape index (κ3) is 3.13. The maximum Gasteiger partial charge on any atom is 0.255 e. The topological polar surface area (TPSA) is 76.8 Å². The van der Waals surface area contributed by atoms with Gasteiger partial charge in [-0.2, -0.15) is 5.10 Å². The van der Waals surface area contributed by atoms with Gasteiger partial charge in [0.1, 0.15) is 5.82 Å². The Labute approximate surface area is 145 Å². The molecule has 4 heterocycles. The quantitative estimate of drug-likeness (QED) is 0.732. The molecule has 1 saturated heterocycles. The summed E-state index contributed by atoms with van der Waals surface area (Å²) >= 11 is 0. The fraction of sp³-hybridized carbons (Fsp3) is 0.278. The van der Waals surface area contributed by atoms with Gasteiger partial charge < -0.3 is 4.90 Å². The summed E-state index contributed by atoms with van der Waals surface area (Å²) in [5.74, 6) is 1.70. The Hall–Kier alpha value is -3.09. The standard InChI is InChI=1S/C18H18N6O/c1-13-5-8-19-17(22-13)15-6-10-23(12-15)18(25)14-3-4-16(20-11-14)24-9-2-7-21-24/h2-5,7-9,11,15H,6,10,12H2,1H3/t15-/m1/s1. The fourth-order valence-corrected chi connectivity index (χ4v) is 3.06. The van der Waals surface area contributed by atoms with Crippen LogP contribution in [-0.4, -0.2) is 48.6 Å². The summed E-state index contributed by atoms with van der Waals surface area (Å²) in [5, 5.41) is 4.13. The van der Waals surface area contributed by atoms with Crippen molar-refractivity contribution in [2.24, 2.45) is 0 Å². The number of aromatic nitrogens is 5. The van der Waals surface area contributed by atoms with Gasteiger partial charge in [-0.3, -0.25) is 4.79 Å². The van der Waals surface area contributed by atoms with Crippen LogP contribution >= 0.6 is 0 Å². The molecule has 0 saturated carbocycles. The van der Waals surface area contributed by atoms with E-state index in [1.807, 2.05) is 30.2 Å². The van der Waals surface area contributed by atoms with Gasteiger partial charge in [-0.1, -0.05) is 0 Å². The lowest BCUT2D eigenvalue weighted by atomic mass is 10.1. The highest BCUT2D eigenvalue weighted by molar-refractivity contribution is 5.94. The van der Waals surface area contributed by atoms with Crippen molar-refractivity contribution in [2.75, 3.05) is 13.1 Å². The van der Waals surface area contributed by atoms with Crippen LogP contribution in [0.5, 0.6) is 0 Å². The van der Waals surface area contributed by atoms with E-state index in [1.54, 1.807) is 35.4 Å². The number of hydrogen-bond donors (Lipinski definition) is 0. The Morgan fingerprint density at radius 3 is 2.84 bits per heavy atom. The number of carbonyl (C=O) groups excluding carboxylic acids is 1. The van der Waals surface area contributed by atoms with Gasteiger partial charge in [0.05, 0.1) is 5.56 Å². The van der Waals surface area contributed by atoms with Gasteiger partial charge in [-0.25, -0.2) is 19.6 Å². The van der Waals surface area contributed by atoms with Gasteiger partial charge >= 0.3 is 0 Å². The number of hydrogen-bond acceptors (Lipinski definition) is 5. The molecule has 0 radical (unpaired) electrons.